The number of carbonyl (C=O) groups excluding carboxylic acids is 2. The van der Waals surface area contributed by atoms with Crippen molar-refractivity contribution < 1.29 is 18.7 Å². The smallest absolute Gasteiger partial charge is 0.270 e. The van der Waals surface area contributed by atoms with E-state index in [0.717, 1.165) is 4.90 Å². The number of halogens is 2. The molecule has 0 aliphatic carbocycles. The molecule has 0 bridgehead atoms. The van der Waals surface area contributed by atoms with E-state index in [2.05, 4.69) is 27.8 Å². The summed E-state index contributed by atoms with van der Waals surface area (Å²) in [6.45, 7) is 3.94. The van der Waals surface area contributed by atoms with Crippen molar-refractivity contribution in [1.82, 2.24) is 5.32 Å². The first-order chi connectivity index (χ1) is 13.4. The van der Waals surface area contributed by atoms with Crippen molar-refractivity contribution in [2.24, 2.45) is 0 Å². The van der Waals surface area contributed by atoms with Gasteiger partial charge in [0.15, 0.2) is 5.11 Å². The number of rotatable bonds is 5. The largest absolute Gasteiger partial charge is 0.488 e. The standard InChI is InChI=1S/C20H14BrFN2O3S/c1-2-9-27-17-8-3-12(11-16(17)21)10-15-18(25)23-20(28)24(19(15)26)14-6-4-13(22)5-7-14/h2-8,10-11H,1,9H2,(H,23,25,28)/b15-10+. The Balaban J connectivity index is 1.93. The lowest BCUT2D eigenvalue weighted by Gasteiger charge is -2.28. The summed E-state index contributed by atoms with van der Waals surface area (Å²) in [6.07, 6.45) is 3.08. The number of thiocarbonyl (C=S) groups is 1. The summed E-state index contributed by atoms with van der Waals surface area (Å²) >= 11 is 8.51. The summed E-state index contributed by atoms with van der Waals surface area (Å²) in [5.41, 5.74) is 0.879. The number of nitrogens with zero attached hydrogens (tertiary/aromatic N) is 1. The maximum atomic E-state index is 13.2. The van der Waals surface area contributed by atoms with Gasteiger partial charge < -0.3 is 4.74 Å². The van der Waals surface area contributed by atoms with Crippen molar-refractivity contribution in [2.75, 3.05) is 11.5 Å². The van der Waals surface area contributed by atoms with Gasteiger partial charge in [0, 0.05) is 0 Å². The fraction of sp³-hybridized carbons (Fsp3) is 0.0500. The summed E-state index contributed by atoms with van der Waals surface area (Å²) in [5, 5.41) is 2.42. The molecular weight excluding hydrogens is 447 g/mol. The molecule has 142 valence electrons. The van der Waals surface area contributed by atoms with E-state index in [1.807, 2.05) is 0 Å². The molecule has 8 heteroatoms. The van der Waals surface area contributed by atoms with E-state index in [4.69, 9.17) is 17.0 Å². The van der Waals surface area contributed by atoms with Crippen LogP contribution in [0.15, 0.2) is 65.2 Å². The fourth-order valence-corrected chi connectivity index (χ4v) is 3.31. The maximum absolute atomic E-state index is 13.2. The van der Waals surface area contributed by atoms with Crippen molar-refractivity contribution in [3.05, 3.63) is 76.5 Å². The van der Waals surface area contributed by atoms with Gasteiger partial charge in [-0.1, -0.05) is 18.7 Å². The van der Waals surface area contributed by atoms with Crippen LogP contribution in [0.4, 0.5) is 10.1 Å². The zero-order valence-corrected chi connectivity index (χ0v) is 16.8. The van der Waals surface area contributed by atoms with Crippen molar-refractivity contribution in [3.8, 4) is 5.75 Å². The highest BCUT2D eigenvalue weighted by Crippen LogP contribution is 2.28. The Labute approximate surface area is 174 Å². The average molecular weight is 461 g/mol. The second-order valence-electron chi connectivity index (χ2n) is 5.72. The molecule has 2 aromatic rings. The Morgan fingerprint density at radius 3 is 2.57 bits per heavy atom. The predicted octanol–water partition coefficient (Wildman–Crippen LogP) is 3.98. The summed E-state index contributed by atoms with van der Waals surface area (Å²) in [7, 11) is 0. The quantitative estimate of drug-likeness (QED) is 0.317. The molecule has 0 radical (unpaired) electrons. The number of ether oxygens (including phenoxy) is 1. The number of nitrogens with one attached hydrogen (secondary N) is 1. The third-order valence-corrected chi connectivity index (χ3v) is 4.71. The van der Waals surface area contributed by atoms with Gasteiger partial charge in [-0.05, 0) is 76.2 Å². The van der Waals surface area contributed by atoms with E-state index >= 15 is 0 Å². The van der Waals surface area contributed by atoms with Crippen LogP contribution in [0.5, 0.6) is 5.75 Å². The zero-order valence-electron chi connectivity index (χ0n) is 14.4. The van der Waals surface area contributed by atoms with Gasteiger partial charge in [-0.3, -0.25) is 19.8 Å². The van der Waals surface area contributed by atoms with Crippen molar-refractivity contribution in [1.29, 1.82) is 0 Å². The number of hydrogen-bond donors (Lipinski definition) is 1. The van der Waals surface area contributed by atoms with Crippen LogP contribution in [-0.4, -0.2) is 23.5 Å². The average Bonchev–Trinajstić information content (AvgIpc) is 2.66. The lowest BCUT2D eigenvalue weighted by Crippen LogP contribution is -2.54. The highest BCUT2D eigenvalue weighted by Gasteiger charge is 2.34. The second kappa shape index (κ2) is 8.45. The Hall–Kier alpha value is -2.84. The van der Waals surface area contributed by atoms with Crippen molar-refractivity contribution in [3.63, 3.8) is 0 Å². The monoisotopic (exact) mass is 460 g/mol. The molecule has 5 nitrogen and oxygen atoms in total. The SMILES string of the molecule is C=CCOc1ccc(/C=C2\C(=O)NC(=S)N(c3ccc(F)cc3)C2=O)cc1Br. The van der Waals surface area contributed by atoms with Gasteiger partial charge in [0.25, 0.3) is 11.8 Å². The normalized spacial score (nSPS) is 15.6. The fourth-order valence-electron chi connectivity index (χ4n) is 2.52. The minimum Gasteiger partial charge on any atom is -0.488 e. The summed E-state index contributed by atoms with van der Waals surface area (Å²) in [5.74, 6) is -1.03. The van der Waals surface area contributed by atoms with E-state index in [-0.39, 0.29) is 10.7 Å². The van der Waals surface area contributed by atoms with Crippen LogP contribution < -0.4 is 15.0 Å². The molecule has 0 atom stereocenters. The molecule has 1 aliphatic heterocycles. The molecule has 0 aromatic heterocycles. The Morgan fingerprint density at radius 2 is 1.93 bits per heavy atom. The van der Waals surface area contributed by atoms with Crippen LogP contribution in [0, 0.1) is 5.82 Å². The molecule has 0 saturated carbocycles. The number of amides is 2. The van der Waals surface area contributed by atoms with E-state index < -0.39 is 17.6 Å². The van der Waals surface area contributed by atoms with Gasteiger partial charge in [-0.25, -0.2) is 4.39 Å². The van der Waals surface area contributed by atoms with Gasteiger partial charge in [0.2, 0.25) is 0 Å². The topological polar surface area (TPSA) is 58.6 Å². The molecule has 3 rings (SSSR count). The Bertz CT molecular complexity index is 1010. The maximum Gasteiger partial charge on any atom is 0.270 e. The van der Waals surface area contributed by atoms with Crippen LogP contribution in [0.1, 0.15) is 5.56 Å². The molecule has 1 N–H and O–H groups in total. The number of anilines is 1. The third-order valence-electron chi connectivity index (χ3n) is 3.81. The summed E-state index contributed by atoms with van der Waals surface area (Å²) in [6, 6.07) is 10.4. The number of hydrogen-bond acceptors (Lipinski definition) is 4. The summed E-state index contributed by atoms with van der Waals surface area (Å²) < 4.78 is 19.3. The third kappa shape index (κ3) is 4.18. The Morgan fingerprint density at radius 1 is 1.21 bits per heavy atom. The van der Waals surface area contributed by atoms with Crippen LogP contribution in [0.3, 0.4) is 0 Å². The lowest BCUT2D eigenvalue weighted by atomic mass is 10.1. The molecule has 2 aromatic carbocycles. The molecule has 1 saturated heterocycles. The first-order valence-corrected chi connectivity index (χ1v) is 9.31. The second-order valence-corrected chi connectivity index (χ2v) is 6.96. The van der Waals surface area contributed by atoms with Gasteiger partial charge >= 0.3 is 0 Å². The molecular formula is C20H14BrFN2O3S. The van der Waals surface area contributed by atoms with E-state index in [0.29, 0.717) is 28.1 Å². The van der Waals surface area contributed by atoms with E-state index in [1.165, 1.54) is 30.3 Å². The van der Waals surface area contributed by atoms with Gasteiger partial charge in [0.1, 0.15) is 23.7 Å². The van der Waals surface area contributed by atoms with Crippen LogP contribution in [-0.2, 0) is 9.59 Å². The molecule has 1 aliphatic rings. The van der Waals surface area contributed by atoms with Gasteiger partial charge in [-0.2, -0.15) is 0 Å². The van der Waals surface area contributed by atoms with Crippen LogP contribution >= 0.6 is 28.1 Å². The Kier molecular flexibility index (Phi) is 6.01. The molecule has 2 amide bonds. The first-order valence-electron chi connectivity index (χ1n) is 8.11. The lowest BCUT2D eigenvalue weighted by molar-refractivity contribution is -0.122. The number of benzene rings is 2. The molecule has 0 spiro atoms. The van der Waals surface area contributed by atoms with Crippen LogP contribution in [0.2, 0.25) is 0 Å². The van der Waals surface area contributed by atoms with Gasteiger partial charge in [-0.15, -0.1) is 0 Å². The van der Waals surface area contributed by atoms with Crippen LogP contribution in [0.25, 0.3) is 6.08 Å². The van der Waals surface area contributed by atoms with E-state index in [9.17, 15) is 14.0 Å². The van der Waals surface area contributed by atoms with Crippen molar-refractivity contribution in [2.45, 2.75) is 0 Å². The molecule has 1 fully saturated rings. The zero-order chi connectivity index (χ0) is 20.3. The minimum atomic E-state index is -0.600. The highest BCUT2D eigenvalue weighted by molar-refractivity contribution is 9.10. The van der Waals surface area contributed by atoms with Gasteiger partial charge in [0.05, 0.1) is 10.2 Å². The highest BCUT2D eigenvalue weighted by atomic mass is 79.9. The minimum absolute atomic E-state index is 0.0619. The van der Waals surface area contributed by atoms with Crippen molar-refractivity contribution >= 4 is 56.8 Å². The summed E-state index contributed by atoms with van der Waals surface area (Å²) in [4.78, 5) is 26.4. The number of carbonyl (C=O) groups is 2. The molecule has 28 heavy (non-hydrogen) atoms. The molecule has 0 unspecified atom stereocenters. The predicted molar refractivity (Wildman–Crippen MR) is 112 cm³/mol. The molecule has 1 heterocycles. The van der Waals surface area contributed by atoms with E-state index in [1.54, 1.807) is 24.3 Å². The first kappa shape index (κ1) is 19.9.